The average Bonchev–Trinajstić information content (AvgIpc) is 3.18. The molecular weight excluding hydrogens is 250 g/mol. The zero-order valence-electron chi connectivity index (χ0n) is 11.9. The van der Waals surface area contributed by atoms with Crippen molar-refractivity contribution < 1.29 is 4.42 Å². The van der Waals surface area contributed by atoms with E-state index in [1.807, 2.05) is 24.4 Å². The van der Waals surface area contributed by atoms with E-state index >= 15 is 0 Å². The van der Waals surface area contributed by atoms with Crippen molar-refractivity contribution in [2.75, 3.05) is 23.3 Å². The third-order valence-corrected chi connectivity index (χ3v) is 3.82. The van der Waals surface area contributed by atoms with Crippen molar-refractivity contribution in [3.05, 3.63) is 42.5 Å². The number of anilines is 2. The number of hydrogen-bond donors (Lipinski definition) is 1. The SMILES string of the molecule is CCC(Nc1cccnc1N1CCCC1)c1ccco1. The average molecular weight is 271 g/mol. The van der Waals surface area contributed by atoms with Gasteiger partial charge >= 0.3 is 0 Å². The standard InChI is InChI=1S/C16H21N3O/c1-2-13(15-8-6-12-20-15)18-14-7-5-9-17-16(14)19-10-3-4-11-19/h5-9,12-13,18H,2-4,10-11H2,1H3. The van der Waals surface area contributed by atoms with Gasteiger partial charge in [0.2, 0.25) is 0 Å². The summed E-state index contributed by atoms with van der Waals surface area (Å²) >= 11 is 0. The van der Waals surface area contributed by atoms with Crippen LogP contribution in [0.3, 0.4) is 0 Å². The Hall–Kier alpha value is -1.97. The smallest absolute Gasteiger partial charge is 0.151 e. The fraction of sp³-hybridized carbons (Fsp3) is 0.438. The molecule has 2 aromatic rings. The molecule has 4 heteroatoms. The second-order valence-corrected chi connectivity index (χ2v) is 5.19. The minimum absolute atomic E-state index is 0.190. The summed E-state index contributed by atoms with van der Waals surface area (Å²) in [6.07, 6.45) is 7.08. The number of pyridine rings is 1. The van der Waals surface area contributed by atoms with Crippen LogP contribution in [0.15, 0.2) is 41.1 Å². The maximum atomic E-state index is 5.53. The number of nitrogens with one attached hydrogen (secondary N) is 1. The van der Waals surface area contributed by atoms with Crippen molar-refractivity contribution in [2.24, 2.45) is 0 Å². The van der Waals surface area contributed by atoms with Crippen LogP contribution in [-0.4, -0.2) is 18.1 Å². The summed E-state index contributed by atoms with van der Waals surface area (Å²) in [6.45, 7) is 4.36. The monoisotopic (exact) mass is 271 g/mol. The van der Waals surface area contributed by atoms with Crippen LogP contribution in [0.2, 0.25) is 0 Å². The van der Waals surface area contributed by atoms with Crippen molar-refractivity contribution in [3.8, 4) is 0 Å². The fourth-order valence-corrected chi connectivity index (χ4v) is 2.74. The second-order valence-electron chi connectivity index (χ2n) is 5.19. The summed E-state index contributed by atoms with van der Waals surface area (Å²) in [6, 6.07) is 8.23. The first-order valence-electron chi connectivity index (χ1n) is 7.38. The number of aromatic nitrogens is 1. The highest BCUT2D eigenvalue weighted by molar-refractivity contribution is 5.66. The number of rotatable bonds is 5. The molecule has 0 spiro atoms. The van der Waals surface area contributed by atoms with Gasteiger partial charge in [-0.2, -0.15) is 0 Å². The lowest BCUT2D eigenvalue weighted by Gasteiger charge is -2.23. The molecule has 4 nitrogen and oxygen atoms in total. The third kappa shape index (κ3) is 2.64. The van der Waals surface area contributed by atoms with E-state index in [-0.39, 0.29) is 6.04 Å². The van der Waals surface area contributed by atoms with Gasteiger partial charge in [0.25, 0.3) is 0 Å². The van der Waals surface area contributed by atoms with Crippen molar-refractivity contribution >= 4 is 11.5 Å². The molecule has 0 bridgehead atoms. The Morgan fingerprint density at radius 1 is 1.30 bits per heavy atom. The van der Waals surface area contributed by atoms with Gasteiger partial charge in [0.05, 0.1) is 18.0 Å². The van der Waals surface area contributed by atoms with Crippen molar-refractivity contribution in [2.45, 2.75) is 32.2 Å². The molecule has 1 aliphatic heterocycles. The van der Waals surface area contributed by atoms with Crippen molar-refractivity contribution in [1.29, 1.82) is 0 Å². The van der Waals surface area contributed by atoms with Crippen LogP contribution in [0.25, 0.3) is 0 Å². The summed E-state index contributed by atoms with van der Waals surface area (Å²) < 4.78 is 5.53. The quantitative estimate of drug-likeness (QED) is 0.897. The van der Waals surface area contributed by atoms with Crippen molar-refractivity contribution in [3.63, 3.8) is 0 Å². The van der Waals surface area contributed by atoms with E-state index in [1.165, 1.54) is 12.8 Å². The maximum absolute atomic E-state index is 5.53. The predicted octanol–water partition coefficient (Wildman–Crippen LogP) is 3.84. The molecule has 1 N–H and O–H groups in total. The summed E-state index contributed by atoms with van der Waals surface area (Å²) in [7, 11) is 0. The lowest BCUT2D eigenvalue weighted by Crippen LogP contribution is -2.21. The molecular formula is C16H21N3O. The summed E-state index contributed by atoms with van der Waals surface area (Å²) in [4.78, 5) is 6.92. The molecule has 0 aliphatic carbocycles. The Morgan fingerprint density at radius 3 is 2.85 bits per heavy atom. The first kappa shape index (κ1) is 13.0. The molecule has 0 radical (unpaired) electrons. The number of hydrogen-bond acceptors (Lipinski definition) is 4. The molecule has 3 heterocycles. The van der Waals surface area contributed by atoms with Gasteiger partial charge in [-0.1, -0.05) is 6.92 Å². The van der Waals surface area contributed by atoms with E-state index in [0.717, 1.165) is 36.8 Å². The summed E-state index contributed by atoms with van der Waals surface area (Å²) in [5.74, 6) is 2.04. The molecule has 1 aliphatic rings. The van der Waals surface area contributed by atoms with E-state index in [9.17, 15) is 0 Å². The van der Waals surface area contributed by atoms with Gasteiger partial charge < -0.3 is 14.6 Å². The van der Waals surface area contributed by atoms with Gasteiger partial charge in [0, 0.05) is 19.3 Å². The zero-order valence-corrected chi connectivity index (χ0v) is 11.9. The molecule has 3 rings (SSSR count). The molecule has 2 aromatic heterocycles. The first-order valence-corrected chi connectivity index (χ1v) is 7.38. The highest BCUT2D eigenvalue weighted by atomic mass is 16.3. The first-order chi connectivity index (χ1) is 9.88. The Morgan fingerprint density at radius 2 is 2.15 bits per heavy atom. The van der Waals surface area contributed by atoms with E-state index in [2.05, 4.69) is 28.2 Å². The minimum atomic E-state index is 0.190. The van der Waals surface area contributed by atoms with Crippen LogP contribution in [-0.2, 0) is 0 Å². The van der Waals surface area contributed by atoms with Gasteiger partial charge in [-0.3, -0.25) is 0 Å². The van der Waals surface area contributed by atoms with E-state index in [0.29, 0.717) is 0 Å². The van der Waals surface area contributed by atoms with Crippen LogP contribution >= 0.6 is 0 Å². The number of nitrogens with zero attached hydrogens (tertiary/aromatic N) is 2. The molecule has 1 fully saturated rings. The fourth-order valence-electron chi connectivity index (χ4n) is 2.74. The van der Waals surface area contributed by atoms with Crippen molar-refractivity contribution in [1.82, 2.24) is 4.98 Å². The van der Waals surface area contributed by atoms with E-state index < -0.39 is 0 Å². The third-order valence-electron chi connectivity index (χ3n) is 3.82. The maximum Gasteiger partial charge on any atom is 0.151 e. The van der Waals surface area contributed by atoms with E-state index in [1.54, 1.807) is 6.26 Å². The Labute approximate surface area is 119 Å². The van der Waals surface area contributed by atoms with Gasteiger partial charge in [0.1, 0.15) is 5.76 Å². The minimum Gasteiger partial charge on any atom is -0.467 e. The lowest BCUT2D eigenvalue weighted by atomic mass is 10.1. The van der Waals surface area contributed by atoms with Crippen LogP contribution in [0.4, 0.5) is 11.5 Å². The highest BCUT2D eigenvalue weighted by Crippen LogP contribution is 2.30. The molecule has 1 unspecified atom stereocenters. The van der Waals surface area contributed by atoms with E-state index in [4.69, 9.17) is 4.42 Å². The van der Waals surface area contributed by atoms with Crippen LogP contribution in [0.1, 0.15) is 38.0 Å². The topological polar surface area (TPSA) is 41.3 Å². The Kier molecular flexibility index (Phi) is 3.90. The van der Waals surface area contributed by atoms with Gasteiger partial charge in [-0.15, -0.1) is 0 Å². The summed E-state index contributed by atoms with van der Waals surface area (Å²) in [5.41, 5.74) is 1.10. The van der Waals surface area contributed by atoms with Gasteiger partial charge in [-0.25, -0.2) is 4.98 Å². The largest absolute Gasteiger partial charge is 0.467 e. The molecule has 0 amide bonds. The second kappa shape index (κ2) is 5.99. The number of furan rings is 1. The van der Waals surface area contributed by atoms with Crippen LogP contribution < -0.4 is 10.2 Å². The van der Waals surface area contributed by atoms with Crippen LogP contribution in [0.5, 0.6) is 0 Å². The van der Waals surface area contributed by atoms with Gasteiger partial charge in [-0.05, 0) is 43.5 Å². The Balaban J connectivity index is 1.82. The van der Waals surface area contributed by atoms with Gasteiger partial charge in [0.15, 0.2) is 5.82 Å². The lowest BCUT2D eigenvalue weighted by molar-refractivity contribution is 0.474. The zero-order chi connectivity index (χ0) is 13.8. The highest BCUT2D eigenvalue weighted by Gasteiger charge is 2.19. The molecule has 0 saturated carbocycles. The molecule has 106 valence electrons. The van der Waals surface area contributed by atoms with Crippen LogP contribution in [0, 0.1) is 0 Å². The Bertz CT molecular complexity index is 532. The molecule has 0 aromatic carbocycles. The molecule has 1 atom stereocenters. The predicted molar refractivity (Wildman–Crippen MR) is 81.0 cm³/mol. The normalized spacial score (nSPS) is 16.4. The molecule has 20 heavy (non-hydrogen) atoms. The molecule has 1 saturated heterocycles. The summed E-state index contributed by atoms with van der Waals surface area (Å²) in [5, 5.41) is 3.58.